The van der Waals surface area contributed by atoms with Gasteiger partial charge in [0, 0.05) is 26.2 Å². The van der Waals surface area contributed by atoms with Gasteiger partial charge in [0.05, 0.1) is 0 Å². The number of nitrogens with one attached hydrogen (secondary N) is 1. The van der Waals surface area contributed by atoms with Crippen molar-refractivity contribution in [1.82, 2.24) is 10.2 Å². The van der Waals surface area contributed by atoms with E-state index >= 15 is 0 Å². The summed E-state index contributed by atoms with van der Waals surface area (Å²) in [5.74, 6) is 0. The summed E-state index contributed by atoms with van der Waals surface area (Å²) in [5.41, 5.74) is 0. The molecule has 0 saturated carbocycles. The number of aldehydes is 1. The van der Waals surface area contributed by atoms with Crippen molar-refractivity contribution in [3.63, 3.8) is 0 Å². The predicted octanol–water partition coefficient (Wildman–Crippen LogP) is -0.273. The van der Waals surface area contributed by atoms with Crippen LogP contribution in [0.3, 0.4) is 0 Å². The Morgan fingerprint density at radius 3 is 2.00 bits per heavy atom. The Balaban J connectivity index is 0.000000236. The van der Waals surface area contributed by atoms with Crippen LogP contribution in [-0.4, -0.2) is 44.4 Å². The lowest BCUT2D eigenvalue weighted by atomic mass is 10.4. The van der Waals surface area contributed by atoms with Crippen molar-refractivity contribution >= 4 is 6.29 Å². The lowest BCUT2D eigenvalue weighted by molar-refractivity contribution is -0.106. The average molecular weight is 144 g/mol. The maximum atomic E-state index is 8.81. The van der Waals surface area contributed by atoms with E-state index < -0.39 is 0 Å². The van der Waals surface area contributed by atoms with Gasteiger partial charge in [-0.05, 0) is 14.0 Å². The number of likely N-dealkylation sites (N-methyl/N-ethyl adjacent to an activating group) is 1. The molecule has 0 aliphatic carbocycles. The molecule has 1 N–H and O–H groups in total. The number of piperazine rings is 1. The van der Waals surface area contributed by atoms with Crippen molar-refractivity contribution in [3.8, 4) is 0 Å². The molecular weight excluding hydrogens is 128 g/mol. The standard InChI is InChI=1S/C5H12N2.C2H4O/c1-7-4-2-6-3-5-7;1-2-3/h6H,2-5H2,1H3;2H,1H3. The number of carbonyl (C=O) groups excluding carboxylic acids is 1. The summed E-state index contributed by atoms with van der Waals surface area (Å²) in [5, 5.41) is 3.27. The Morgan fingerprint density at radius 2 is 1.80 bits per heavy atom. The summed E-state index contributed by atoms with van der Waals surface area (Å²) in [4.78, 5) is 11.1. The van der Waals surface area contributed by atoms with Gasteiger partial charge in [-0.2, -0.15) is 0 Å². The Kier molecular flexibility index (Phi) is 6.43. The third-order valence-corrected chi connectivity index (χ3v) is 1.34. The summed E-state index contributed by atoms with van der Waals surface area (Å²) in [7, 11) is 2.15. The number of hydrogen-bond acceptors (Lipinski definition) is 3. The maximum Gasteiger partial charge on any atom is 0.116 e. The largest absolute Gasteiger partial charge is 0.314 e. The lowest BCUT2D eigenvalue weighted by Gasteiger charge is -2.21. The van der Waals surface area contributed by atoms with Crippen LogP contribution in [0.15, 0.2) is 0 Å². The molecule has 0 unspecified atom stereocenters. The fourth-order valence-electron chi connectivity index (χ4n) is 0.777. The second kappa shape index (κ2) is 6.71. The van der Waals surface area contributed by atoms with Crippen LogP contribution in [0.2, 0.25) is 0 Å². The summed E-state index contributed by atoms with van der Waals surface area (Å²) in [6.45, 7) is 6.19. The van der Waals surface area contributed by atoms with Gasteiger partial charge < -0.3 is 15.0 Å². The smallest absolute Gasteiger partial charge is 0.116 e. The fraction of sp³-hybridized carbons (Fsp3) is 0.857. The minimum absolute atomic E-state index is 0.750. The fourth-order valence-corrected chi connectivity index (χ4v) is 0.777. The molecule has 0 radical (unpaired) electrons. The van der Waals surface area contributed by atoms with E-state index in [2.05, 4.69) is 17.3 Å². The average Bonchev–Trinajstić information content (AvgIpc) is 1.91. The lowest BCUT2D eigenvalue weighted by Crippen LogP contribution is -2.40. The number of rotatable bonds is 0. The second-order valence-electron chi connectivity index (χ2n) is 2.29. The van der Waals surface area contributed by atoms with Crippen LogP contribution >= 0.6 is 0 Å². The zero-order valence-electron chi connectivity index (χ0n) is 6.76. The van der Waals surface area contributed by atoms with E-state index in [0.29, 0.717) is 0 Å². The Hall–Kier alpha value is -0.410. The predicted molar refractivity (Wildman–Crippen MR) is 42.1 cm³/mol. The number of nitrogens with zero attached hydrogens (tertiary/aromatic N) is 1. The molecule has 0 aromatic carbocycles. The van der Waals surface area contributed by atoms with Crippen LogP contribution in [0, 0.1) is 0 Å². The molecule has 60 valence electrons. The van der Waals surface area contributed by atoms with Crippen molar-refractivity contribution in [2.45, 2.75) is 6.92 Å². The molecule has 0 bridgehead atoms. The molecule has 0 amide bonds. The van der Waals surface area contributed by atoms with Crippen LogP contribution in [-0.2, 0) is 4.79 Å². The van der Waals surface area contributed by atoms with E-state index in [1.807, 2.05) is 0 Å². The van der Waals surface area contributed by atoms with Gasteiger partial charge in [0.2, 0.25) is 0 Å². The molecule has 3 heteroatoms. The first kappa shape index (κ1) is 9.59. The second-order valence-corrected chi connectivity index (χ2v) is 2.29. The highest BCUT2D eigenvalue weighted by Gasteiger charge is 2.01. The zero-order chi connectivity index (χ0) is 7.82. The third-order valence-electron chi connectivity index (χ3n) is 1.34. The van der Waals surface area contributed by atoms with Gasteiger partial charge in [-0.25, -0.2) is 0 Å². The highest BCUT2D eigenvalue weighted by Crippen LogP contribution is 1.82. The minimum Gasteiger partial charge on any atom is -0.314 e. The van der Waals surface area contributed by atoms with Crippen molar-refractivity contribution in [2.24, 2.45) is 0 Å². The highest BCUT2D eigenvalue weighted by molar-refractivity contribution is 5.44. The summed E-state index contributed by atoms with van der Waals surface area (Å²) >= 11 is 0. The molecule has 0 spiro atoms. The molecule has 3 nitrogen and oxygen atoms in total. The summed E-state index contributed by atoms with van der Waals surface area (Å²) < 4.78 is 0. The molecule has 0 atom stereocenters. The molecule has 1 aliphatic rings. The topological polar surface area (TPSA) is 32.3 Å². The molecule has 1 heterocycles. The molecule has 1 aliphatic heterocycles. The van der Waals surface area contributed by atoms with Crippen LogP contribution in [0.4, 0.5) is 0 Å². The van der Waals surface area contributed by atoms with Gasteiger partial charge in [-0.1, -0.05) is 0 Å². The van der Waals surface area contributed by atoms with Crippen molar-refractivity contribution in [1.29, 1.82) is 0 Å². The van der Waals surface area contributed by atoms with Crippen molar-refractivity contribution in [2.75, 3.05) is 33.2 Å². The van der Waals surface area contributed by atoms with Gasteiger partial charge in [-0.15, -0.1) is 0 Å². The van der Waals surface area contributed by atoms with Crippen molar-refractivity contribution in [3.05, 3.63) is 0 Å². The Bertz CT molecular complexity index is 79.7. The summed E-state index contributed by atoms with van der Waals surface area (Å²) in [6, 6.07) is 0. The van der Waals surface area contributed by atoms with E-state index in [9.17, 15) is 0 Å². The SMILES string of the molecule is CC=O.CN1CCNCC1. The molecule has 1 fully saturated rings. The third kappa shape index (κ3) is 5.72. The van der Waals surface area contributed by atoms with E-state index in [0.717, 1.165) is 19.4 Å². The molecular formula is C7H16N2O. The molecule has 0 aromatic rings. The van der Waals surface area contributed by atoms with Gasteiger partial charge >= 0.3 is 0 Å². The molecule has 10 heavy (non-hydrogen) atoms. The number of carbonyl (C=O) groups is 1. The van der Waals surface area contributed by atoms with Gasteiger partial charge in [0.25, 0.3) is 0 Å². The maximum absolute atomic E-state index is 8.81. The molecule has 0 aromatic heterocycles. The highest BCUT2D eigenvalue weighted by atomic mass is 16.1. The first-order valence-electron chi connectivity index (χ1n) is 3.60. The van der Waals surface area contributed by atoms with E-state index in [1.165, 1.54) is 20.0 Å². The first-order valence-corrected chi connectivity index (χ1v) is 3.60. The van der Waals surface area contributed by atoms with Gasteiger partial charge in [-0.3, -0.25) is 0 Å². The Morgan fingerprint density at radius 1 is 1.40 bits per heavy atom. The zero-order valence-corrected chi connectivity index (χ0v) is 6.76. The van der Waals surface area contributed by atoms with E-state index in [4.69, 9.17) is 4.79 Å². The minimum atomic E-state index is 0.750. The number of hydrogen-bond donors (Lipinski definition) is 1. The van der Waals surface area contributed by atoms with E-state index in [-0.39, 0.29) is 0 Å². The summed E-state index contributed by atoms with van der Waals surface area (Å²) in [6.07, 6.45) is 0.750. The quantitative estimate of drug-likeness (QED) is 0.475. The van der Waals surface area contributed by atoms with Crippen LogP contribution in [0.1, 0.15) is 6.92 Å². The monoisotopic (exact) mass is 144 g/mol. The van der Waals surface area contributed by atoms with Gasteiger partial charge in [0.1, 0.15) is 6.29 Å². The van der Waals surface area contributed by atoms with E-state index in [1.54, 1.807) is 0 Å². The molecule has 1 saturated heterocycles. The molecule has 1 rings (SSSR count). The van der Waals surface area contributed by atoms with Crippen LogP contribution in [0.5, 0.6) is 0 Å². The van der Waals surface area contributed by atoms with Crippen molar-refractivity contribution < 1.29 is 4.79 Å². The van der Waals surface area contributed by atoms with Gasteiger partial charge in [0.15, 0.2) is 0 Å². The normalized spacial score (nSPS) is 19.0. The van der Waals surface area contributed by atoms with Crippen LogP contribution in [0.25, 0.3) is 0 Å². The first-order chi connectivity index (χ1) is 4.81. The Labute approximate surface area is 62.4 Å². The van der Waals surface area contributed by atoms with Crippen LogP contribution < -0.4 is 5.32 Å².